The van der Waals surface area contributed by atoms with Gasteiger partial charge < -0.3 is 9.57 Å². The van der Waals surface area contributed by atoms with Gasteiger partial charge in [0.25, 0.3) is 0 Å². The van der Waals surface area contributed by atoms with Crippen molar-refractivity contribution in [2.45, 2.75) is 30.7 Å². The Morgan fingerprint density at radius 1 is 1.12 bits per heavy atom. The van der Waals surface area contributed by atoms with Crippen LogP contribution >= 0.6 is 11.8 Å². The summed E-state index contributed by atoms with van der Waals surface area (Å²) in [6.07, 6.45) is 2.38. The first-order chi connectivity index (χ1) is 15.8. The number of hydrogen-bond acceptors (Lipinski definition) is 7. The highest BCUT2D eigenvalue weighted by molar-refractivity contribution is 7.98. The molecule has 0 bridgehead atoms. The van der Waals surface area contributed by atoms with Gasteiger partial charge in [0.15, 0.2) is 0 Å². The molecule has 1 heterocycles. The van der Waals surface area contributed by atoms with E-state index in [9.17, 15) is 8.42 Å². The van der Waals surface area contributed by atoms with E-state index in [1.807, 2.05) is 12.3 Å². The number of anilines is 1. The number of sulfonamides is 1. The van der Waals surface area contributed by atoms with Gasteiger partial charge in [-0.15, -0.1) is 11.8 Å². The van der Waals surface area contributed by atoms with Crippen LogP contribution in [0, 0.1) is 0 Å². The van der Waals surface area contributed by atoms with E-state index >= 15 is 0 Å². The average molecular weight is 492 g/mol. The normalized spacial score (nSPS) is 15.9. The lowest BCUT2D eigenvalue weighted by Gasteiger charge is -2.41. The zero-order valence-electron chi connectivity index (χ0n) is 19.5. The number of ether oxygens (including phenoxy) is 1. The molecule has 0 atom stereocenters. The summed E-state index contributed by atoms with van der Waals surface area (Å²) in [4.78, 5) is 9.18. The second-order valence-corrected chi connectivity index (χ2v) is 11.0. The highest BCUT2D eigenvalue weighted by Crippen LogP contribution is 2.25. The van der Waals surface area contributed by atoms with Crippen LogP contribution in [-0.2, 0) is 19.6 Å². The number of para-hydroxylation sites is 1. The largest absolute Gasteiger partial charge is 0.395 e. The number of nitrogens with zero attached hydrogens (tertiary/aromatic N) is 2. The van der Waals surface area contributed by atoms with E-state index in [2.05, 4.69) is 52.9 Å². The third-order valence-corrected chi connectivity index (χ3v) is 7.71. The molecule has 0 unspecified atom stereocenters. The Balaban J connectivity index is 1.66. The molecule has 3 rings (SSSR count). The van der Waals surface area contributed by atoms with Gasteiger partial charge >= 0.3 is 0 Å². The SMILES string of the molecule is CSc1ccc(C(=NOCCCS(=O)(=O)Nc2ccccc2)C(C)(C)N2CCOCC2)cc1. The van der Waals surface area contributed by atoms with Gasteiger partial charge in [-0.05, 0) is 50.8 Å². The molecule has 0 aromatic heterocycles. The highest BCUT2D eigenvalue weighted by Gasteiger charge is 2.35. The van der Waals surface area contributed by atoms with Crippen LogP contribution in [0.2, 0.25) is 0 Å². The molecular formula is C24H33N3O4S2. The minimum Gasteiger partial charge on any atom is -0.395 e. The fraction of sp³-hybridized carbons (Fsp3) is 0.458. The minimum absolute atomic E-state index is 0.0397. The summed E-state index contributed by atoms with van der Waals surface area (Å²) >= 11 is 1.69. The monoisotopic (exact) mass is 491 g/mol. The van der Waals surface area contributed by atoms with Crippen molar-refractivity contribution in [2.75, 3.05) is 49.6 Å². The lowest BCUT2D eigenvalue weighted by molar-refractivity contribution is 0.00881. The minimum atomic E-state index is -3.44. The molecule has 0 aliphatic carbocycles. The van der Waals surface area contributed by atoms with Crippen molar-refractivity contribution in [2.24, 2.45) is 5.16 Å². The van der Waals surface area contributed by atoms with Crippen molar-refractivity contribution in [3.8, 4) is 0 Å². The molecule has 0 spiro atoms. The summed E-state index contributed by atoms with van der Waals surface area (Å²) in [7, 11) is -3.44. The predicted molar refractivity (Wildman–Crippen MR) is 136 cm³/mol. The van der Waals surface area contributed by atoms with Crippen molar-refractivity contribution in [3.63, 3.8) is 0 Å². The molecule has 1 fully saturated rings. The van der Waals surface area contributed by atoms with Crippen LogP contribution in [0.5, 0.6) is 0 Å². The van der Waals surface area contributed by atoms with E-state index < -0.39 is 10.0 Å². The van der Waals surface area contributed by atoms with Crippen molar-refractivity contribution < 1.29 is 18.0 Å². The van der Waals surface area contributed by atoms with E-state index in [1.165, 1.54) is 4.90 Å². The maximum Gasteiger partial charge on any atom is 0.232 e. The van der Waals surface area contributed by atoms with Gasteiger partial charge in [0.2, 0.25) is 10.0 Å². The summed E-state index contributed by atoms with van der Waals surface area (Å²) in [6.45, 7) is 7.50. The highest BCUT2D eigenvalue weighted by atomic mass is 32.2. The maximum absolute atomic E-state index is 12.3. The van der Waals surface area contributed by atoms with Crippen LogP contribution in [0.1, 0.15) is 25.8 Å². The van der Waals surface area contributed by atoms with Crippen LogP contribution in [0.3, 0.4) is 0 Å². The third kappa shape index (κ3) is 7.46. The predicted octanol–water partition coefficient (Wildman–Crippen LogP) is 4.07. The van der Waals surface area contributed by atoms with E-state index in [0.29, 0.717) is 25.3 Å². The Kier molecular flexibility index (Phi) is 9.19. The first-order valence-corrected chi connectivity index (χ1v) is 13.9. The molecule has 2 aromatic carbocycles. The summed E-state index contributed by atoms with van der Waals surface area (Å²) < 4.78 is 32.7. The second-order valence-electron chi connectivity index (χ2n) is 8.30. The smallest absolute Gasteiger partial charge is 0.232 e. The maximum atomic E-state index is 12.3. The molecule has 9 heteroatoms. The standard InChI is InChI=1S/C24H33N3O4S2/c1-24(2,27-14-17-30-18-15-27)23(20-10-12-22(32-3)13-11-20)25-31-16-7-19-33(28,29)26-21-8-5-4-6-9-21/h4-6,8-13,26H,7,14-19H2,1-3H3. The van der Waals surface area contributed by atoms with Crippen LogP contribution in [0.15, 0.2) is 64.6 Å². The van der Waals surface area contributed by atoms with Crippen molar-refractivity contribution in [1.82, 2.24) is 4.90 Å². The molecule has 0 saturated carbocycles. The first kappa shape index (κ1) is 25.6. The Labute approximate surface area is 201 Å². The lowest BCUT2D eigenvalue weighted by atomic mass is 9.90. The fourth-order valence-corrected chi connectivity index (χ4v) is 5.20. The van der Waals surface area contributed by atoms with Gasteiger partial charge in [-0.2, -0.15) is 0 Å². The average Bonchev–Trinajstić information content (AvgIpc) is 2.82. The number of thioether (sulfide) groups is 1. The number of morpholine rings is 1. The third-order valence-electron chi connectivity index (χ3n) is 5.60. The van der Waals surface area contributed by atoms with Crippen LogP contribution in [0.4, 0.5) is 5.69 Å². The molecule has 1 saturated heterocycles. The molecule has 1 aliphatic heterocycles. The van der Waals surface area contributed by atoms with Gasteiger partial charge in [0.05, 0.1) is 24.5 Å². The van der Waals surface area contributed by atoms with Crippen LogP contribution in [0.25, 0.3) is 0 Å². The zero-order chi connectivity index (χ0) is 23.7. The molecule has 33 heavy (non-hydrogen) atoms. The molecule has 1 N–H and O–H groups in total. The summed E-state index contributed by atoms with van der Waals surface area (Å²) in [5.41, 5.74) is 2.00. The summed E-state index contributed by atoms with van der Waals surface area (Å²) in [5.74, 6) is -0.0397. The Bertz CT molecular complexity index is 1000. The molecule has 0 radical (unpaired) electrons. The number of rotatable bonds is 11. The Morgan fingerprint density at radius 3 is 2.42 bits per heavy atom. The second kappa shape index (κ2) is 11.9. The molecule has 7 nitrogen and oxygen atoms in total. The van der Waals surface area contributed by atoms with Crippen molar-refractivity contribution in [1.29, 1.82) is 0 Å². The van der Waals surface area contributed by atoms with Gasteiger partial charge in [-0.1, -0.05) is 35.5 Å². The number of benzene rings is 2. The van der Waals surface area contributed by atoms with Crippen molar-refractivity contribution in [3.05, 3.63) is 60.2 Å². The molecule has 180 valence electrons. The summed E-state index contributed by atoms with van der Waals surface area (Å²) in [5, 5.41) is 4.51. The zero-order valence-corrected chi connectivity index (χ0v) is 21.1. The quantitative estimate of drug-likeness (QED) is 0.221. The fourth-order valence-electron chi connectivity index (χ4n) is 3.70. The van der Waals surface area contributed by atoms with E-state index in [4.69, 9.17) is 9.57 Å². The Morgan fingerprint density at radius 2 is 1.79 bits per heavy atom. The number of oxime groups is 1. The van der Waals surface area contributed by atoms with Gasteiger partial charge in [0.1, 0.15) is 12.3 Å². The number of hydrogen-bond donors (Lipinski definition) is 1. The van der Waals surface area contributed by atoms with Crippen molar-refractivity contribution >= 4 is 33.2 Å². The van der Waals surface area contributed by atoms with Gasteiger partial charge in [-0.3, -0.25) is 9.62 Å². The molecule has 0 amide bonds. The summed E-state index contributed by atoms with van der Waals surface area (Å²) in [6, 6.07) is 17.1. The molecule has 2 aromatic rings. The van der Waals surface area contributed by atoms with Gasteiger partial charge in [0, 0.05) is 29.2 Å². The topological polar surface area (TPSA) is 80.2 Å². The molecular weight excluding hydrogens is 458 g/mol. The van der Waals surface area contributed by atoms with Crippen LogP contribution in [-0.4, -0.2) is 69.5 Å². The van der Waals surface area contributed by atoms with E-state index in [1.54, 1.807) is 36.0 Å². The van der Waals surface area contributed by atoms with E-state index in [0.717, 1.165) is 24.4 Å². The number of nitrogens with one attached hydrogen (secondary N) is 1. The first-order valence-electron chi connectivity index (χ1n) is 11.0. The van der Waals surface area contributed by atoms with Gasteiger partial charge in [-0.25, -0.2) is 8.42 Å². The molecule has 1 aliphatic rings. The Hall–Kier alpha value is -2.07. The van der Waals surface area contributed by atoms with E-state index in [-0.39, 0.29) is 17.9 Å². The van der Waals surface area contributed by atoms with Crippen LogP contribution < -0.4 is 4.72 Å². The lowest BCUT2D eigenvalue weighted by Crippen LogP contribution is -2.54.